The van der Waals surface area contributed by atoms with Crippen molar-refractivity contribution in [3.63, 3.8) is 0 Å². The Balaban J connectivity index is 1.98. The molecule has 0 bridgehead atoms. The lowest BCUT2D eigenvalue weighted by Crippen LogP contribution is -2.29. The Labute approximate surface area is 176 Å². The van der Waals surface area contributed by atoms with Crippen LogP contribution in [0.25, 0.3) is 6.08 Å². The molecule has 0 radical (unpaired) electrons. The Morgan fingerprint density at radius 3 is 2.75 bits per heavy atom. The number of halogens is 1. The molecule has 28 heavy (non-hydrogen) atoms. The monoisotopic (exact) mass is 454 g/mol. The van der Waals surface area contributed by atoms with Crippen LogP contribution < -0.4 is 4.74 Å². The van der Waals surface area contributed by atoms with Gasteiger partial charge in [0.2, 0.25) is 0 Å². The topological polar surface area (TPSA) is 76.0 Å². The number of thioether (sulfide) groups is 1. The Kier molecular flexibility index (Phi) is 6.29. The van der Waals surface area contributed by atoms with Gasteiger partial charge in [0.25, 0.3) is 15.9 Å². The van der Waals surface area contributed by atoms with Crippen LogP contribution in [0.2, 0.25) is 4.34 Å². The lowest BCUT2D eigenvalue weighted by Gasteiger charge is -2.12. The highest BCUT2D eigenvalue weighted by molar-refractivity contribution is 8.19. The molecule has 1 amide bonds. The van der Waals surface area contributed by atoms with Gasteiger partial charge in [0, 0.05) is 6.54 Å². The van der Waals surface area contributed by atoms with Crippen LogP contribution in [0.4, 0.5) is 0 Å². The first kappa shape index (κ1) is 20.7. The standard InChI is InChI=1S/C18H15ClN2O4S3/c1-3-9-21-17(22)14(11-12-5-4-6-13(10-12)25-2)26-18(21)20-28(23,24)16-8-7-15(19)27-16/h3-8,10-11H,1,9H2,2H3/b14-11-,20-18+. The molecule has 2 aromatic rings. The molecule has 6 nitrogen and oxygen atoms in total. The van der Waals surface area contributed by atoms with Gasteiger partial charge in [-0.25, -0.2) is 0 Å². The summed E-state index contributed by atoms with van der Waals surface area (Å²) in [5.41, 5.74) is 0.753. The average molecular weight is 455 g/mol. The van der Waals surface area contributed by atoms with Crippen molar-refractivity contribution in [3.8, 4) is 5.75 Å². The molecule has 0 spiro atoms. The number of methoxy groups -OCH3 is 1. The summed E-state index contributed by atoms with van der Waals surface area (Å²) in [6, 6.07) is 10.1. The first-order chi connectivity index (χ1) is 13.3. The number of benzene rings is 1. The number of hydrogen-bond donors (Lipinski definition) is 0. The normalized spacial score (nSPS) is 17.5. The molecule has 1 fully saturated rings. The van der Waals surface area contributed by atoms with E-state index in [1.165, 1.54) is 23.1 Å². The molecule has 1 saturated heterocycles. The third-order valence-corrected chi connectivity index (χ3v) is 7.68. The van der Waals surface area contributed by atoms with Gasteiger partial charge in [0.1, 0.15) is 9.96 Å². The van der Waals surface area contributed by atoms with Crippen LogP contribution in [0.3, 0.4) is 0 Å². The minimum atomic E-state index is -3.98. The van der Waals surface area contributed by atoms with E-state index in [4.69, 9.17) is 16.3 Å². The van der Waals surface area contributed by atoms with Gasteiger partial charge in [-0.3, -0.25) is 9.69 Å². The van der Waals surface area contributed by atoms with Crippen LogP contribution in [0.5, 0.6) is 5.75 Å². The van der Waals surface area contributed by atoms with Gasteiger partial charge in [0.05, 0.1) is 16.4 Å². The summed E-state index contributed by atoms with van der Waals surface area (Å²) in [6.07, 6.45) is 3.18. The fourth-order valence-corrected chi connectivity index (χ4v) is 5.98. The van der Waals surface area contributed by atoms with Gasteiger partial charge in [-0.1, -0.05) is 29.8 Å². The zero-order valence-corrected chi connectivity index (χ0v) is 17.9. The van der Waals surface area contributed by atoms with Crippen molar-refractivity contribution in [3.05, 3.63) is 63.9 Å². The van der Waals surface area contributed by atoms with E-state index in [-0.39, 0.29) is 21.8 Å². The maximum absolute atomic E-state index is 12.8. The van der Waals surface area contributed by atoms with Crippen LogP contribution in [0.1, 0.15) is 5.56 Å². The lowest BCUT2D eigenvalue weighted by molar-refractivity contribution is -0.121. The van der Waals surface area contributed by atoms with E-state index in [9.17, 15) is 13.2 Å². The fourth-order valence-electron chi connectivity index (χ4n) is 2.33. The zero-order valence-electron chi connectivity index (χ0n) is 14.7. The number of hydrogen-bond acceptors (Lipinski definition) is 6. The number of nitrogens with zero attached hydrogens (tertiary/aromatic N) is 2. The van der Waals surface area contributed by atoms with E-state index in [0.29, 0.717) is 15.0 Å². The van der Waals surface area contributed by atoms with Crippen LogP contribution in [-0.4, -0.2) is 38.0 Å². The molecule has 146 valence electrons. The largest absolute Gasteiger partial charge is 0.497 e. The molecule has 0 saturated carbocycles. The SMILES string of the molecule is C=CCN1C(=O)/C(=C/c2cccc(OC)c2)S/C1=N/S(=O)(=O)c1ccc(Cl)s1. The summed E-state index contributed by atoms with van der Waals surface area (Å²) >= 11 is 7.73. The van der Waals surface area contributed by atoms with Crippen LogP contribution >= 0.6 is 34.7 Å². The summed E-state index contributed by atoms with van der Waals surface area (Å²) in [7, 11) is -2.42. The van der Waals surface area contributed by atoms with Crippen molar-refractivity contribution >= 4 is 61.9 Å². The van der Waals surface area contributed by atoms with Crippen molar-refractivity contribution in [2.45, 2.75) is 4.21 Å². The molecule has 0 aliphatic carbocycles. The first-order valence-corrected chi connectivity index (χ1v) is 11.4. The van der Waals surface area contributed by atoms with Crippen molar-refractivity contribution in [1.29, 1.82) is 0 Å². The number of ether oxygens (including phenoxy) is 1. The van der Waals surface area contributed by atoms with E-state index in [1.54, 1.807) is 31.4 Å². The third-order valence-electron chi connectivity index (χ3n) is 3.59. The fraction of sp³-hybridized carbons (Fsp3) is 0.111. The molecule has 1 aromatic carbocycles. The van der Waals surface area contributed by atoms with Crippen molar-refractivity contribution in [2.75, 3.05) is 13.7 Å². The molecule has 1 aliphatic rings. The van der Waals surface area contributed by atoms with Crippen LogP contribution in [-0.2, 0) is 14.8 Å². The smallest absolute Gasteiger partial charge is 0.294 e. The van der Waals surface area contributed by atoms with Gasteiger partial charge in [-0.05, 0) is 47.7 Å². The molecule has 1 aliphatic heterocycles. The van der Waals surface area contributed by atoms with Gasteiger partial charge in [0.15, 0.2) is 5.17 Å². The van der Waals surface area contributed by atoms with E-state index in [0.717, 1.165) is 28.7 Å². The molecular formula is C18H15ClN2O4S3. The van der Waals surface area contributed by atoms with Crippen molar-refractivity contribution < 1.29 is 17.9 Å². The highest BCUT2D eigenvalue weighted by Gasteiger charge is 2.34. The van der Waals surface area contributed by atoms with Gasteiger partial charge < -0.3 is 4.74 Å². The second-order valence-corrected chi connectivity index (χ2v) is 10.1. The maximum atomic E-state index is 12.8. The predicted octanol–water partition coefficient (Wildman–Crippen LogP) is 4.26. The Bertz CT molecular complexity index is 1090. The van der Waals surface area contributed by atoms with E-state index >= 15 is 0 Å². The number of carbonyl (C=O) groups excluding carboxylic acids is 1. The molecule has 0 N–H and O–H groups in total. The van der Waals surface area contributed by atoms with E-state index in [1.807, 2.05) is 6.07 Å². The summed E-state index contributed by atoms with van der Waals surface area (Å²) in [4.78, 5) is 14.4. The Morgan fingerprint density at radius 1 is 1.32 bits per heavy atom. The predicted molar refractivity (Wildman–Crippen MR) is 114 cm³/mol. The van der Waals surface area contributed by atoms with Gasteiger partial charge in [-0.15, -0.1) is 22.3 Å². The highest BCUT2D eigenvalue weighted by Crippen LogP contribution is 2.35. The number of sulfonamides is 1. The summed E-state index contributed by atoms with van der Waals surface area (Å²) < 4.78 is 34.5. The third kappa shape index (κ3) is 4.49. The number of carbonyl (C=O) groups is 1. The van der Waals surface area contributed by atoms with Crippen LogP contribution in [0, 0.1) is 0 Å². The molecule has 0 atom stereocenters. The van der Waals surface area contributed by atoms with Crippen LogP contribution in [0.15, 0.2) is 62.6 Å². The second kappa shape index (κ2) is 8.52. The molecule has 1 aromatic heterocycles. The number of rotatable bonds is 6. The summed E-state index contributed by atoms with van der Waals surface area (Å²) in [5, 5.41) is 0.0727. The molecular weight excluding hydrogens is 440 g/mol. The maximum Gasteiger partial charge on any atom is 0.294 e. The number of thiophene rings is 1. The molecule has 2 heterocycles. The highest BCUT2D eigenvalue weighted by atomic mass is 35.5. The lowest BCUT2D eigenvalue weighted by atomic mass is 10.2. The Hall–Kier alpha value is -2.07. The Morgan fingerprint density at radius 2 is 2.11 bits per heavy atom. The molecule has 3 rings (SSSR count). The second-order valence-electron chi connectivity index (χ2n) is 5.50. The summed E-state index contributed by atoms with van der Waals surface area (Å²) in [6.45, 7) is 3.76. The molecule has 0 unspecified atom stereocenters. The average Bonchev–Trinajstić information content (AvgIpc) is 3.22. The zero-order chi connectivity index (χ0) is 20.3. The van der Waals surface area contributed by atoms with E-state index in [2.05, 4.69) is 11.0 Å². The van der Waals surface area contributed by atoms with Gasteiger partial charge in [-0.2, -0.15) is 8.42 Å². The first-order valence-electron chi connectivity index (χ1n) is 7.90. The molecule has 10 heteroatoms. The minimum Gasteiger partial charge on any atom is -0.497 e. The minimum absolute atomic E-state index is 0.0156. The van der Waals surface area contributed by atoms with E-state index < -0.39 is 10.0 Å². The number of amides is 1. The number of amidine groups is 1. The quantitative estimate of drug-likeness (QED) is 0.481. The van der Waals surface area contributed by atoms with Gasteiger partial charge >= 0.3 is 0 Å². The van der Waals surface area contributed by atoms with Crippen molar-refractivity contribution in [2.24, 2.45) is 4.40 Å². The van der Waals surface area contributed by atoms with Crippen molar-refractivity contribution in [1.82, 2.24) is 4.90 Å². The summed E-state index contributed by atoms with van der Waals surface area (Å²) in [5.74, 6) is 0.310.